The first-order valence-electron chi connectivity index (χ1n) is 3.13. The van der Waals surface area contributed by atoms with Gasteiger partial charge in [-0.15, -0.1) is 5.08 Å². The Balaban J connectivity index is 0.000001000. The van der Waals surface area contributed by atoms with E-state index in [1.54, 1.807) is 11.8 Å². The molecule has 11 heavy (non-hydrogen) atoms. The van der Waals surface area contributed by atoms with Crippen LogP contribution in [0.25, 0.3) is 0 Å². The van der Waals surface area contributed by atoms with E-state index in [2.05, 4.69) is 24.3 Å². The van der Waals surface area contributed by atoms with Crippen molar-refractivity contribution in [2.24, 2.45) is 0 Å². The maximum atomic E-state index is 4.81. The van der Waals surface area contributed by atoms with Gasteiger partial charge in [0.15, 0.2) is 0 Å². The van der Waals surface area contributed by atoms with Crippen molar-refractivity contribution in [1.29, 1.82) is 0 Å². The van der Waals surface area contributed by atoms with Gasteiger partial charge < -0.3 is 12.6 Å². The summed E-state index contributed by atoms with van der Waals surface area (Å²) >= 11 is 6.59. The molecule has 0 aliphatic carbocycles. The molecule has 0 saturated carbocycles. The van der Waals surface area contributed by atoms with Crippen LogP contribution in [-0.2, 0) is 18.4 Å². The van der Waals surface area contributed by atoms with Crippen LogP contribution in [0.4, 0.5) is 0 Å². The van der Waals surface area contributed by atoms with E-state index in [-0.39, 0.29) is 29.6 Å². The topological polar surface area (TPSA) is 0 Å². The summed E-state index contributed by atoms with van der Waals surface area (Å²) in [7, 11) is 0. The fourth-order valence-corrected chi connectivity index (χ4v) is 1.50. The number of thioether (sulfide) groups is 1. The molecule has 0 amide bonds. The molecule has 0 atom stereocenters. The second-order valence-electron chi connectivity index (χ2n) is 1.95. The van der Waals surface area contributed by atoms with Gasteiger partial charge in [-0.3, -0.25) is 0 Å². The van der Waals surface area contributed by atoms with E-state index in [1.165, 1.54) is 5.56 Å². The molecule has 1 rings (SSSR count). The van der Waals surface area contributed by atoms with E-state index < -0.39 is 0 Å². The van der Waals surface area contributed by atoms with Crippen LogP contribution in [0.15, 0.2) is 30.3 Å². The summed E-state index contributed by atoms with van der Waals surface area (Å²) in [6, 6.07) is 10.4. The largest absolute Gasteiger partial charge is 1.00 e. The predicted octanol–water partition coefficient (Wildman–Crippen LogP) is -0.572. The first-order chi connectivity index (χ1) is 4.93. The van der Waals surface area contributed by atoms with Crippen LogP contribution in [0.3, 0.4) is 0 Å². The van der Waals surface area contributed by atoms with E-state index in [0.717, 1.165) is 10.8 Å². The van der Waals surface area contributed by atoms with Crippen molar-refractivity contribution in [1.82, 2.24) is 0 Å². The predicted molar refractivity (Wildman–Crippen MR) is 50.0 cm³/mol. The third kappa shape index (κ3) is 5.21. The van der Waals surface area contributed by atoms with Crippen molar-refractivity contribution in [2.75, 3.05) is 5.08 Å². The smallest absolute Gasteiger partial charge is 0.782 e. The molecule has 54 valence electrons. The molecule has 0 aromatic heterocycles. The van der Waals surface area contributed by atoms with Gasteiger partial charge in [0.2, 0.25) is 0 Å². The van der Waals surface area contributed by atoms with Gasteiger partial charge in [-0.2, -0.15) is 11.8 Å². The molecular formula is C8H9NaS2. The summed E-state index contributed by atoms with van der Waals surface area (Å²) < 4.78 is 0. The number of hydrogen-bond acceptors (Lipinski definition) is 2. The normalized spacial score (nSPS) is 8.82. The van der Waals surface area contributed by atoms with E-state index in [9.17, 15) is 0 Å². The Labute approximate surface area is 99.9 Å². The number of rotatable bonds is 3. The maximum Gasteiger partial charge on any atom is 1.00 e. The molecule has 0 unspecified atom stereocenters. The van der Waals surface area contributed by atoms with Crippen LogP contribution in [0.1, 0.15) is 5.56 Å². The zero-order valence-corrected chi connectivity index (χ0v) is 10.3. The van der Waals surface area contributed by atoms with Crippen LogP contribution in [0.2, 0.25) is 0 Å². The Bertz CT molecular complexity index is 177. The minimum Gasteiger partial charge on any atom is -0.782 e. The molecule has 1 aromatic carbocycles. The van der Waals surface area contributed by atoms with Crippen LogP contribution in [0.5, 0.6) is 0 Å². The molecule has 0 aliphatic rings. The monoisotopic (exact) mass is 192 g/mol. The van der Waals surface area contributed by atoms with Crippen LogP contribution in [0, 0.1) is 0 Å². The third-order valence-electron chi connectivity index (χ3n) is 1.19. The second-order valence-corrected chi connectivity index (χ2v) is 3.59. The first-order valence-corrected chi connectivity index (χ1v) is 4.86. The average molecular weight is 192 g/mol. The molecule has 1 aromatic rings. The Morgan fingerprint density at radius 3 is 2.36 bits per heavy atom. The number of hydrogen-bond donors (Lipinski definition) is 0. The van der Waals surface area contributed by atoms with Gasteiger partial charge in [-0.05, 0) is 5.56 Å². The van der Waals surface area contributed by atoms with E-state index in [4.69, 9.17) is 12.6 Å². The van der Waals surface area contributed by atoms with E-state index in [1.807, 2.05) is 6.07 Å². The molecular weight excluding hydrogens is 183 g/mol. The van der Waals surface area contributed by atoms with Gasteiger partial charge in [-0.25, -0.2) is 0 Å². The summed E-state index contributed by atoms with van der Waals surface area (Å²) in [6.07, 6.45) is 0. The maximum absolute atomic E-state index is 4.81. The molecule has 3 heteroatoms. The molecule has 0 spiro atoms. The Kier molecular flexibility index (Phi) is 8.20. The van der Waals surface area contributed by atoms with Gasteiger partial charge in [-0.1, -0.05) is 30.3 Å². The summed E-state index contributed by atoms with van der Waals surface area (Å²) in [5, 5.41) is 0.787. The van der Waals surface area contributed by atoms with Gasteiger partial charge in [0.25, 0.3) is 0 Å². The van der Waals surface area contributed by atoms with Crippen molar-refractivity contribution in [3.05, 3.63) is 35.9 Å². The van der Waals surface area contributed by atoms with Crippen molar-refractivity contribution in [2.45, 2.75) is 5.75 Å². The second kappa shape index (κ2) is 7.56. The van der Waals surface area contributed by atoms with Crippen molar-refractivity contribution < 1.29 is 29.6 Å². The minimum atomic E-state index is 0. The van der Waals surface area contributed by atoms with Crippen LogP contribution in [-0.4, -0.2) is 5.08 Å². The zero-order valence-electron chi connectivity index (χ0n) is 6.62. The molecule has 0 N–H and O–H groups in total. The van der Waals surface area contributed by atoms with Crippen molar-refractivity contribution >= 4 is 24.4 Å². The fraction of sp³-hybridized carbons (Fsp3) is 0.250. The van der Waals surface area contributed by atoms with Gasteiger partial charge in [0.05, 0.1) is 0 Å². The van der Waals surface area contributed by atoms with E-state index >= 15 is 0 Å². The zero-order chi connectivity index (χ0) is 7.23. The van der Waals surface area contributed by atoms with Crippen LogP contribution >= 0.6 is 11.8 Å². The molecule has 0 saturated heterocycles. The third-order valence-corrected chi connectivity index (χ3v) is 2.40. The summed E-state index contributed by atoms with van der Waals surface area (Å²) in [4.78, 5) is 0. The molecule has 0 bridgehead atoms. The van der Waals surface area contributed by atoms with Crippen molar-refractivity contribution in [3.8, 4) is 0 Å². The van der Waals surface area contributed by atoms with E-state index in [0.29, 0.717) is 0 Å². The Morgan fingerprint density at radius 2 is 1.82 bits per heavy atom. The van der Waals surface area contributed by atoms with Gasteiger partial charge in [0.1, 0.15) is 0 Å². The first kappa shape index (κ1) is 11.9. The molecule has 0 aliphatic heterocycles. The summed E-state index contributed by atoms with van der Waals surface area (Å²) in [5.74, 6) is 1.05. The summed E-state index contributed by atoms with van der Waals surface area (Å²) in [5.41, 5.74) is 1.36. The SMILES string of the molecule is [Na+].[S-]CSCc1ccccc1. The molecule has 0 heterocycles. The fourth-order valence-electron chi connectivity index (χ4n) is 0.734. The van der Waals surface area contributed by atoms with Gasteiger partial charge in [0, 0.05) is 5.75 Å². The Hall–Kier alpha value is 0.920. The minimum absolute atomic E-state index is 0. The Morgan fingerprint density at radius 1 is 1.18 bits per heavy atom. The van der Waals surface area contributed by atoms with Gasteiger partial charge >= 0.3 is 29.6 Å². The summed E-state index contributed by atoms with van der Waals surface area (Å²) in [6.45, 7) is 0. The molecule has 0 fully saturated rings. The standard InChI is InChI=1S/C8H10S2.Na/c9-7-10-6-8-4-2-1-3-5-8;/h1-5,9H,6-7H2;/q;+1/p-1. The van der Waals surface area contributed by atoms with Crippen molar-refractivity contribution in [3.63, 3.8) is 0 Å². The molecule has 0 nitrogen and oxygen atoms in total. The number of benzene rings is 1. The average Bonchev–Trinajstić information content (AvgIpc) is 2.03. The van der Waals surface area contributed by atoms with Crippen LogP contribution < -0.4 is 29.6 Å². The molecule has 0 radical (unpaired) electrons. The quantitative estimate of drug-likeness (QED) is 0.464.